The summed E-state index contributed by atoms with van der Waals surface area (Å²) in [5.41, 5.74) is 2.17. The van der Waals surface area contributed by atoms with Gasteiger partial charge in [-0.15, -0.1) is 0 Å². The van der Waals surface area contributed by atoms with Crippen LogP contribution >= 0.6 is 0 Å². The first kappa shape index (κ1) is 13.4. The number of aliphatic hydroxyl groups is 2. The van der Waals surface area contributed by atoms with Crippen molar-refractivity contribution in [3.8, 4) is 0 Å². The molecule has 2 rings (SSSR count). The number of hydrogen-bond donors (Lipinski definition) is 2. The van der Waals surface area contributed by atoms with Crippen LogP contribution in [0.5, 0.6) is 0 Å². The Kier molecular flexibility index (Phi) is 4.25. The number of anilines is 1. The minimum atomic E-state index is -0.403. The Morgan fingerprint density at radius 2 is 1.61 bits per heavy atom. The van der Waals surface area contributed by atoms with Crippen LogP contribution in [0.25, 0.3) is 0 Å². The van der Waals surface area contributed by atoms with Crippen LogP contribution in [0.3, 0.4) is 0 Å². The Balaban J connectivity index is 1.97. The summed E-state index contributed by atoms with van der Waals surface area (Å²) in [6.45, 7) is 5.67. The number of nitrogens with zero attached hydrogens (tertiary/aromatic N) is 1. The minimum absolute atomic E-state index is 0.190. The average molecular weight is 249 g/mol. The number of benzene rings is 1. The molecule has 1 heterocycles. The van der Waals surface area contributed by atoms with Gasteiger partial charge in [-0.2, -0.15) is 0 Å². The molecule has 0 aliphatic carbocycles. The average Bonchev–Trinajstić information content (AvgIpc) is 2.39. The second-order valence-electron chi connectivity index (χ2n) is 5.33. The monoisotopic (exact) mass is 249 g/mol. The third kappa shape index (κ3) is 3.03. The predicted octanol–water partition coefficient (Wildman–Crippen LogP) is 2.34. The van der Waals surface area contributed by atoms with Crippen molar-refractivity contribution in [1.29, 1.82) is 0 Å². The van der Waals surface area contributed by atoms with E-state index in [4.69, 9.17) is 0 Å². The van der Waals surface area contributed by atoms with Gasteiger partial charge in [0.2, 0.25) is 0 Å². The lowest BCUT2D eigenvalue weighted by Crippen LogP contribution is -2.37. The molecule has 0 amide bonds. The fourth-order valence-corrected chi connectivity index (χ4v) is 2.60. The number of hydrogen-bond acceptors (Lipinski definition) is 3. The molecule has 0 spiro atoms. The smallest absolute Gasteiger partial charge is 0.0761 e. The lowest BCUT2D eigenvalue weighted by molar-refractivity contribution is 0.110. The van der Waals surface area contributed by atoms with Gasteiger partial charge in [-0.05, 0) is 50.3 Å². The van der Waals surface area contributed by atoms with Crippen LogP contribution < -0.4 is 4.90 Å². The van der Waals surface area contributed by atoms with Crippen LogP contribution in [-0.4, -0.2) is 29.4 Å². The molecule has 0 saturated carbocycles. The number of aliphatic hydroxyl groups excluding tert-OH is 2. The molecule has 100 valence electrons. The molecule has 2 unspecified atom stereocenters. The summed E-state index contributed by atoms with van der Waals surface area (Å²) in [4.78, 5) is 2.35. The zero-order valence-corrected chi connectivity index (χ0v) is 11.2. The summed E-state index contributed by atoms with van der Waals surface area (Å²) in [5, 5.41) is 19.1. The maximum atomic E-state index is 9.59. The van der Waals surface area contributed by atoms with Crippen molar-refractivity contribution in [2.45, 2.75) is 38.9 Å². The fraction of sp³-hybridized carbons (Fsp3) is 0.600. The molecule has 1 aromatic rings. The molecule has 0 aromatic heterocycles. The summed E-state index contributed by atoms with van der Waals surface area (Å²) < 4.78 is 0. The van der Waals surface area contributed by atoms with Crippen molar-refractivity contribution in [3.05, 3.63) is 29.8 Å². The quantitative estimate of drug-likeness (QED) is 0.864. The molecule has 1 aliphatic heterocycles. The highest BCUT2D eigenvalue weighted by molar-refractivity contribution is 5.48. The van der Waals surface area contributed by atoms with E-state index in [9.17, 15) is 10.2 Å². The molecule has 3 heteroatoms. The topological polar surface area (TPSA) is 43.7 Å². The van der Waals surface area contributed by atoms with E-state index >= 15 is 0 Å². The van der Waals surface area contributed by atoms with Crippen molar-refractivity contribution in [2.24, 2.45) is 5.92 Å². The normalized spacial score (nSPS) is 20.8. The van der Waals surface area contributed by atoms with Gasteiger partial charge in [0.05, 0.1) is 12.2 Å². The SMILES string of the molecule is CC(O)c1ccc(N2CCC(C(C)O)CC2)cc1. The van der Waals surface area contributed by atoms with Gasteiger partial charge in [-0.25, -0.2) is 0 Å². The summed E-state index contributed by atoms with van der Waals surface area (Å²) in [5.74, 6) is 0.443. The Labute approximate surface area is 109 Å². The first-order chi connectivity index (χ1) is 8.58. The molecular weight excluding hydrogens is 226 g/mol. The van der Waals surface area contributed by atoms with E-state index < -0.39 is 6.10 Å². The molecule has 0 bridgehead atoms. The van der Waals surface area contributed by atoms with E-state index in [1.54, 1.807) is 6.92 Å². The Hall–Kier alpha value is -1.06. The van der Waals surface area contributed by atoms with Crippen LogP contribution in [0.2, 0.25) is 0 Å². The first-order valence-electron chi connectivity index (χ1n) is 6.79. The van der Waals surface area contributed by atoms with Crippen molar-refractivity contribution in [2.75, 3.05) is 18.0 Å². The van der Waals surface area contributed by atoms with E-state index in [-0.39, 0.29) is 6.10 Å². The van der Waals surface area contributed by atoms with Gasteiger partial charge < -0.3 is 15.1 Å². The first-order valence-corrected chi connectivity index (χ1v) is 6.79. The van der Waals surface area contributed by atoms with Gasteiger partial charge in [0, 0.05) is 18.8 Å². The molecule has 1 fully saturated rings. The zero-order chi connectivity index (χ0) is 13.1. The van der Waals surface area contributed by atoms with E-state index in [0.29, 0.717) is 5.92 Å². The molecular formula is C15H23NO2. The van der Waals surface area contributed by atoms with Gasteiger partial charge in [0.25, 0.3) is 0 Å². The highest BCUT2D eigenvalue weighted by Crippen LogP contribution is 2.26. The molecule has 1 aromatic carbocycles. The van der Waals surface area contributed by atoms with Crippen LogP contribution in [0.15, 0.2) is 24.3 Å². The van der Waals surface area contributed by atoms with Crippen LogP contribution in [0.1, 0.15) is 38.4 Å². The van der Waals surface area contributed by atoms with Gasteiger partial charge in [-0.1, -0.05) is 12.1 Å². The van der Waals surface area contributed by atoms with Crippen molar-refractivity contribution in [1.82, 2.24) is 0 Å². The molecule has 0 radical (unpaired) electrons. The lowest BCUT2D eigenvalue weighted by atomic mass is 9.92. The largest absolute Gasteiger partial charge is 0.393 e. The van der Waals surface area contributed by atoms with E-state index in [2.05, 4.69) is 17.0 Å². The summed E-state index contributed by atoms with van der Waals surface area (Å²) in [6, 6.07) is 8.12. The van der Waals surface area contributed by atoms with Gasteiger partial charge in [0.1, 0.15) is 0 Å². The molecule has 2 N–H and O–H groups in total. The molecule has 1 aliphatic rings. The van der Waals surface area contributed by atoms with Crippen LogP contribution in [-0.2, 0) is 0 Å². The van der Waals surface area contributed by atoms with Gasteiger partial charge >= 0.3 is 0 Å². The fourth-order valence-electron chi connectivity index (χ4n) is 2.60. The molecule has 3 nitrogen and oxygen atoms in total. The van der Waals surface area contributed by atoms with Crippen molar-refractivity contribution >= 4 is 5.69 Å². The van der Waals surface area contributed by atoms with E-state index in [1.807, 2.05) is 19.1 Å². The Morgan fingerprint density at radius 3 is 2.06 bits per heavy atom. The number of rotatable bonds is 3. The van der Waals surface area contributed by atoms with Crippen molar-refractivity contribution < 1.29 is 10.2 Å². The summed E-state index contributed by atoms with van der Waals surface area (Å²) in [7, 11) is 0. The third-order valence-corrected chi connectivity index (χ3v) is 3.96. The predicted molar refractivity (Wildman–Crippen MR) is 73.7 cm³/mol. The summed E-state index contributed by atoms with van der Waals surface area (Å²) in [6.07, 6.45) is 1.51. The maximum Gasteiger partial charge on any atom is 0.0761 e. The van der Waals surface area contributed by atoms with Crippen LogP contribution in [0, 0.1) is 5.92 Å². The van der Waals surface area contributed by atoms with Gasteiger partial charge in [0.15, 0.2) is 0 Å². The molecule has 2 atom stereocenters. The maximum absolute atomic E-state index is 9.59. The number of piperidine rings is 1. The standard InChI is InChI=1S/C15H23NO2/c1-11(17)13-3-5-15(6-4-13)16-9-7-14(8-10-16)12(2)18/h3-6,11-12,14,17-18H,7-10H2,1-2H3. The minimum Gasteiger partial charge on any atom is -0.393 e. The highest BCUT2D eigenvalue weighted by atomic mass is 16.3. The molecule has 1 saturated heterocycles. The summed E-state index contributed by atoms with van der Waals surface area (Å²) >= 11 is 0. The zero-order valence-electron chi connectivity index (χ0n) is 11.2. The third-order valence-electron chi connectivity index (χ3n) is 3.96. The van der Waals surface area contributed by atoms with Crippen molar-refractivity contribution in [3.63, 3.8) is 0 Å². The van der Waals surface area contributed by atoms with E-state index in [1.165, 1.54) is 5.69 Å². The highest BCUT2D eigenvalue weighted by Gasteiger charge is 2.22. The Morgan fingerprint density at radius 1 is 1.06 bits per heavy atom. The second-order valence-corrected chi connectivity index (χ2v) is 5.33. The molecule has 18 heavy (non-hydrogen) atoms. The van der Waals surface area contributed by atoms with Crippen LogP contribution in [0.4, 0.5) is 5.69 Å². The Bertz CT molecular complexity index is 365. The van der Waals surface area contributed by atoms with Gasteiger partial charge in [-0.3, -0.25) is 0 Å². The lowest BCUT2D eigenvalue weighted by Gasteiger charge is -2.34. The van der Waals surface area contributed by atoms with E-state index in [0.717, 1.165) is 31.5 Å². The second kappa shape index (κ2) is 5.72.